The fourth-order valence-corrected chi connectivity index (χ4v) is 11.5. The number of rotatable bonds is 20. The Bertz CT molecular complexity index is 4030. The van der Waals surface area contributed by atoms with Crippen LogP contribution in [0, 0.1) is 19.3 Å². The van der Waals surface area contributed by atoms with Crippen LogP contribution in [0.1, 0.15) is 43.4 Å². The number of carbonyl (C=O) groups is 3. The summed E-state index contributed by atoms with van der Waals surface area (Å²) < 4.78 is 148. The first-order valence-electron chi connectivity index (χ1n) is 25.8. The summed E-state index contributed by atoms with van der Waals surface area (Å²) in [6, 6.07) is 9.39. The van der Waals surface area contributed by atoms with Gasteiger partial charge in [0.1, 0.15) is 36.5 Å². The Labute approximate surface area is 538 Å². The summed E-state index contributed by atoms with van der Waals surface area (Å²) in [7, 11) is -12.7. The zero-order chi connectivity index (χ0) is 69.4. The van der Waals surface area contributed by atoms with Crippen molar-refractivity contribution >= 4 is 102 Å². The Kier molecular flexibility index (Phi) is 30.4. The van der Waals surface area contributed by atoms with E-state index in [4.69, 9.17) is 58.6 Å². The van der Waals surface area contributed by atoms with Crippen molar-refractivity contribution in [2.24, 2.45) is 0 Å². The van der Waals surface area contributed by atoms with E-state index in [1.807, 2.05) is 5.32 Å². The van der Waals surface area contributed by atoms with Crippen LogP contribution in [0.4, 0.5) is 34.7 Å². The van der Waals surface area contributed by atoms with E-state index in [0.29, 0.717) is 38.9 Å². The molecular weight excluding hydrogens is 1370 g/mol. The Hall–Kier alpha value is -7.93. The number of halogens is 5. The molecule has 1 aliphatic rings. The van der Waals surface area contributed by atoms with Crippen molar-refractivity contribution in [3.8, 4) is 41.6 Å². The normalized spacial score (nSPS) is 12.5. The highest BCUT2D eigenvalue weighted by atomic mass is 35.5. The van der Waals surface area contributed by atoms with Crippen LogP contribution < -0.4 is 54.9 Å². The predicted molar refractivity (Wildman–Crippen MR) is 328 cm³/mol. The van der Waals surface area contributed by atoms with Gasteiger partial charge < -0.3 is 38.4 Å². The molecule has 0 bridgehead atoms. The largest absolute Gasteiger partial charge is 0.778 e. The van der Waals surface area contributed by atoms with Crippen LogP contribution in [0.15, 0.2) is 80.4 Å². The average Bonchev–Trinajstić information content (AvgIpc) is 1.49. The highest BCUT2D eigenvalue weighted by molar-refractivity contribution is 7.94. The van der Waals surface area contributed by atoms with Gasteiger partial charge in [0.25, 0.3) is 20.0 Å². The summed E-state index contributed by atoms with van der Waals surface area (Å²) in [5, 5.41) is 18.4. The third kappa shape index (κ3) is 26.4. The Morgan fingerprint density at radius 3 is 1.98 bits per heavy atom. The molecule has 0 saturated heterocycles. The quantitative estimate of drug-likeness (QED) is 0.0325. The number of aryl methyl sites for hydroxylation is 3. The fourth-order valence-electron chi connectivity index (χ4n) is 6.87. The van der Waals surface area contributed by atoms with Crippen molar-refractivity contribution in [1.29, 1.82) is 0 Å². The number of benzene rings is 2. The van der Waals surface area contributed by atoms with Crippen molar-refractivity contribution in [3.05, 3.63) is 98.5 Å². The van der Waals surface area contributed by atoms with Crippen LogP contribution in [0.2, 0.25) is 10.0 Å². The van der Waals surface area contributed by atoms with E-state index < -0.39 is 102 Å². The minimum absolute atomic E-state index is 0.0612. The number of anilines is 2. The van der Waals surface area contributed by atoms with Gasteiger partial charge in [0.05, 0.1) is 85.4 Å². The Morgan fingerprint density at radius 2 is 1.43 bits per heavy atom. The second-order valence-electron chi connectivity index (χ2n) is 18.3. The van der Waals surface area contributed by atoms with E-state index in [0.717, 1.165) is 43.4 Å². The van der Waals surface area contributed by atoms with E-state index in [9.17, 15) is 67.1 Å². The number of nitrogens with one attached hydrogen (secondary N) is 5. The lowest BCUT2D eigenvalue weighted by atomic mass is 10.1. The first-order valence-corrected chi connectivity index (χ1v) is 35.4. The van der Waals surface area contributed by atoms with Crippen molar-refractivity contribution in [2.45, 2.75) is 73.5 Å². The first-order chi connectivity index (χ1) is 42.9. The molecule has 92 heavy (non-hydrogen) atoms. The zero-order valence-electron chi connectivity index (χ0n) is 49.8. The molecule has 1 atom stereocenters. The minimum Gasteiger partial charge on any atom is -0.778 e. The van der Waals surface area contributed by atoms with Crippen LogP contribution in [0.5, 0.6) is 23.5 Å². The van der Waals surface area contributed by atoms with Gasteiger partial charge in [-0.15, -0.1) is 11.5 Å². The van der Waals surface area contributed by atoms with Gasteiger partial charge in [-0.25, -0.2) is 45.6 Å². The molecule has 1 aliphatic heterocycles. The molecule has 6 aromatic rings. The number of hydrogen-bond acceptors (Lipinski definition) is 24. The van der Waals surface area contributed by atoms with Crippen LogP contribution >= 0.6 is 30.8 Å². The molecule has 2 aromatic carbocycles. The monoisotopic (exact) mass is 1430 g/mol. The lowest BCUT2D eigenvalue weighted by Crippen LogP contribution is -2.36. The molecule has 0 spiro atoms. The van der Waals surface area contributed by atoms with Crippen LogP contribution in [-0.2, 0) is 69.5 Å². The molecule has 4 amide bonds. The molecule has 42 heteroatoms. The van der Waals surface area contributed by atoms with E-state index in [1.54, 1.807) is 20.1 Å². The lowest BCUT2D eigenvalue weighted by molar-refractivity contribution is -0.193. The van der Waals surface area contributed by atoms with E-state index in [1.165, 1.54) is 76.3 Å². The number of carbonyl (C=O) groups excluding carboxylic acids is 2. The molecule has 0 saturated carbocycles. The number of alkyl halides is 3. The number of terminal acetylenes is 1. The molecule has 1 unspecified atom stereocenters. The molecule has 0 fully saturated rings. The van der Waals surface area contributed by atoms with Crippen LogP contribution in [-0.4, -0.2) is 169 Å². The summed E-state index contributed by atoms with van der Waals surface area (Å²) in [6.45, 7) is 3.13. The number of ether oxygens (including phenoxy) is 4. The number of pyridine rings is 1. The van der Waals surface area contributed by atoms with Crippen molar-refractivity contribution < 1.29 is 91.2 Å². The first kappa shape index (κ1) is 78.3. The van der Waals surface area contributed by atoms with Gasteiger partial charge in [-0.05, 0) is 66.9 Å². The van der Waals surface area contributed by atoms with Crippen LogP contribution in [0.3, 0.4) is 0 Å². The summed E-state index contributed by atoms with van der Waals surface area (Å²) >= 11 is 12.3. The molecule has 5 heterocycles. The highest BCUT2D eigenvalue weighted by Crippen LogP contribution is 2.33. The third-order valence-corrected chi connectivity index (χ3v) is 16.5. The fraction of sp³-hybridized carbons (Fsp3) is 0.380. The Balaban J connectivity index is 0.000000327. The third-order valence-electron chi connectivity index (χ3n) is 10.7. The van der Waals surface area contributed by atoms with E-state index >= 15 is 0 Å². The number of aliphatic carboxylic acids is 1. The molecule has 0 aliphatic carbocycles. The lowest BCUT2D eigenvalue weighted by Gasteiger charge is -2.14. The number of hydrogen-bond donors (Lipinski definition) is 7. The predicted octanol–water partition coefficient (Wildman–Crippen LogP) is 3.73. The van der Waals surface area contributed by atoms with Crippen LogP contribution in [0.25, 0.3) is 5.69 Å². The molecule has 504 valence electrons. The van der Waals surface area contributed by atoms with Gasteiger partial charge in [-0.2, -0.15) is 51.2 Å². The van der Waals surface area contributed by atoms with Crippen molar-refractivity contribution in [2.75, 3.05) is 75.9 Å². The number of nitrogens with zero attached hydrogens (tertiary/aromatic N) is 9. The smallest absolute Gasteiger partial charge is 0.389 e. The standard InChI is InChI=1S/C15H13Cl2N3O2.C15H16F3N5O4S.C14H17N5O7S2.C3H8NO5P.C3H9S/c1-2-7-22-13-9-12(10(16)8-11(13)17)20-15(21)19-6-4-3-5-14(19)18-20;1-9-19-12(22-14(20-9)27-2)21-13(24)23-28(25,26)11-6-4-3-5-10(11)7-8-15(16,17)18;1-4-27(21,22)9-6-5-7-15-12(9)28(23,24)19-14(20)18-13-16-10(25-2)8-11(17-13)26-3;5-3(6)1-4-2-10(7,8)9;1-4(2)3/h1,8-9H,3-7H2;3-6H,7-8H2,1-2H3,(H2,19,20,21,22,23,24);5-8H,4H2,1-3H3,(H2,16,17,18,19,20);4H,1-2H2,(H,5,6)(H2,7,8,9);1-3H3/q;;;;+1/p-1. The van der Waals surface area contributed by atoms with Gasteiger partial charge >= 0.3 is 35.9 Å². The van der Waals surface area contributed by atoms with Gasteiger partial charge in [-0.3, -0.25) is 25.3 Å². The van der Waals surface area contributed by atoms with Crippen molar-refractivity contribution in [3.63, 3.8) is 0 Å². The van der Waals surface area contributed by atoms with E-state index in [-0.39, 0.29) is 59.1 Å². The number of sulfonamides is 2. The average molecular weight is 1430 g/mol. The number of fused-ring (bicyclic) bond motifs is 1. The summed E-state index contributed by atoms with van der Waals surface area (Å²) in [6.07, 6.45) is 8.74. The number of sulfone groups is 1. The molecule has 4 aromatic heterocycles. The number of carboxylic acids is 1. The number of urea groups is 2. The molecule has 7 N–H and O–H groups in total. The number of methoxy groups -OCH3 is 3. The second-order valence-corrected chi connectivity index (χ2v) is 28.7. The second kappa shape index (κ2) is 35.8. The Morgan fingerprint density at radius 1 is 0.848 bits per heavy atom. The molecule has 32 nitrogen and oxygen atoms in total. The van der Waals surface area contributed by atoms with Gasteiger partial charge in [0.15, 0.2) is 14.9 Å². The number of aromatic nitrogens is 9. The van der Waals surface area contributed by atoms with Gasteiger partial charge in [-0.1, -0.05) is 54.2 Å². The maximum Gasteiger partial charge on any atom is 0.389 e. The van der Waals surface area contributed by atoms with E-state index in [2.05, 4.69) is 70.3 Å². The highest BCUT2D eigenvalue weighted by Gasteiger charge is 2.31. The minimum atomic E-state index is -4.61. The van der Waals surface area contributed by atoms with Crippen molar-refractivity contribution in [1.82, 2.24) is 59.0 Å². The summed E-state index contributed by atoms with van der Waals surface area (Å²) in [4.78, 5) is 86.0. The zero-order valence-corrected chi connectivity index (χ0v) is 55.5. The molecule has 0 radical (unpaired) electrons. The SMILES string of the molecule is C#CCOc1cc(-n2nc3n(c2=O)CCCC3)c(Cl)cc1Cl.CCS(=O)(=O)c1cccnc1S(=O)(=O)NC(=O)Nc1nc(OC)cc(OC)n1.COc1nc(C)nc(NC(=O)NS(=O)(=O)c2ccccc2CCC(F)(F)F)n1.C[S+](C)C.O=C(O)CNCP(=O)([O-])O. The summed E-state index contributed by atoms with van der Waals surface area (Å²) in [5.41, 5.74) is 0.157. The molecular formula is C50H62Cl2F3N14O18PS4. The van der Waals surface area contributed by atoms with Gasteiger partial charge in [0.2, 0.25) is 23.7 Å². The maximum absolute atomic E-state index is 12.5. The van der Waals surface area contributed by atoms with Gasteiger partial charge in [0, 0.05) is 31.6 Å². The summed E-state index contributed by atoms with van der Waals surface area (Å²) in [5.74, 6) is 1.77. The number of amides is 4. The maximum atomic E-state index is 12.5. The number of carboxylic acid groups (broad SMARTS) is 1. The molecule has 7 rings (SSSR count). The topological polar surface area (TPSA) is 448 Å².